The molecule has 3 nitrogen and oxygen atoms in total. The van der Waals surface area contributed by atoms with Crippen LogP contribution in [-0.2, 0) is 10.8 Å². The molecule has 0 atom stereocenters. The zero-order chi connectivity index (χ0) is 19.9. The molecule has 5 heteroatoms. The molecular formula is C21H25Br2NO2. The molecule has 0 fully saturated rings. The maximum Gasteiger partial charge on any atom is 0.144 e. The van der Waals surface area contributed by atoms with Gasteiger partial charge in [0, 0.05) is 21.8 Å². The third-order valence-electron chi connectivity index (χ3n) is 4.16. The molecule has 0 aliphatic heterocycles. The first-order chi connectivity index (χ1) is 11.8. The normalized spacial score (nSPS) is 12.8. The van der Waals surface area contributed by atoms with Gasteiger partial charge in [0.2, 0.25) is 0 Å². The number of aliphatic imine (C=N–C) groups is 1. The quantitative estimate of drug-likeness (QED) is 0.454. The van der Waals surface area contributed by atoms with Crippen molar-refractivity contribution in [1.82, 2.24) is 0 Å². The third-order valence-corrected chi connectivity index (χ3v) is 5.23. The van der Waals surface area contributed by atoms with E-state index in [1.165, 1.54) is 0 Å². The number of nitrogens with zero attached hydrogens (tertiary/aromatic N) is 1. The van der Waals surface area contributed by atoms with E-state index in [1.807, 2.05) is 6.07 Å². The first kappa shape index (κ1) is 21.0. The molecule has 0 unspecified atom stereocenters. The van der Waals surface area contributed by atoms with E-state index < -0.39 is 0 Å². The topological polar surface area (TPSA) is 52.8 Å². The second-order valence-electron chi connectivity index (χ2n) is 8.48. The Labute approximate surface area is 172 Å². The number of halogens is 2. The highest BCUT2D eigenvalue weighted by atomic mass is 79.9. The molecule has 2 aromatic carbocycles. The van der Waals surface area contributed by atoms with Crippen LogP contribution in [0.3, 0.4) is 0 Å². The number of rotatable bonds is 2. The van der Waals surface area contributed by atoms with Gasteiger partial charge in [-0.3, -0.25) is 4.99 Å². The minimum absolute atomic E-state index is 0.0705. The lowest BCUT2D eigenvalue weighted by Crippen LogP contribution is -2.16. The van der Waals surface area contributed by atoms with Crippen LogP contribution < -0.4 is 0 Å². The maximum atomic E-state index is 10.8. The summed E-state index contributed by atoms with van der Waals surface area (Å²) in [6, 6.07) is 7.51. The molecular weight excluding hydrogens is 458 g/mol. The number of phenols is 2. The average Bonchev–Trinajstić information content (AvgIpc) is 2.48. The largest absolute Gasteiger partial charge is 0.506 e. The molecule has 2 N–H and O–H groups in total. The van der Waals surface area contributed by atoms with Crippen molar-refractivity contribution < 1.29 is 10.2 Å². The second-order valence-corrected chi connectivity index (χ2v) is 10.2. The number of phenolic OH excluding ortho intramolecular Hbond substituents is 2. The van der Waals surface area contributed by atoms with Crippen LogP contribution in [0.25, 0.3) is 0 Å². The number of hydrogen-bond donors (Lipinski definition) is 2. The van der Waals surface area contributed by atoms with Crippen LogP contribution in [0, 0.1) is 0 Å². The van der Waals surface area contributed by atoms with Gasteiger partial charge >= 0.3 is 0 Å². The zero-order valence-corrected chi connectivity index (χ0v) is 19.2. The molecule has 0 saturated heterocycles. The Morgan fingerprint density at radius 1 is 0.846 bits per heavy atom. The molecule has 2 rings (SSSR count). The summed E-state index contributed by atoms with van der Waals surface area (Å²) in [5.41, 5.74) is 2.74. The van der Waals surface area contributed by atoms with Gasteiger partial charge in [0.25, 0.3) is 0 Å². The lowest BCUT2D eigenvalue weighted by atomic mass is 9.80. The molecule has 26 heavy (non-hydrogen) atoms. The molecule has 0 radical (unpaired) electrons. The number of hydrogen-bond acceptors (Lipinski definition) is 3. The molecule has 0 aromatic heterocycles. The van der Waals surface area contributed by atoms with Crippen molar-refractivity contribution in [3.8, 4) is 11.5 Å². The molecule has 0 heterocycles. The van der Waals surface area contributed by atoms with Crippen molar-refractivity contribution in [1.29, 1.82) is 0 Å². The van der Waals surface area contributed by atoms with E-state index in [4.69, 9.17) is 0 Å². The molecule has 2 aromatic rings. The van der Waals surface area contributed by atoms with E-state index in [0.29, 0.717) is 15.7 Å². The summed E-state index contributed by atoms with van der Waals surface area (Å²) in [6.07, 6.45) is 1.57. The Kier molecular flexibility index (Phi) is 5.93. The molecule has 140 valence electrons. The SMILES string of the molecule is CC(C)(C)c1cc(N=Cc2cc(Br)cc(Br)c2O)c(O)c(C(C)(C)C)c1. The van der Waals surface area contributed by atoms with Crippen LogP contribution in [-0.4, -0.2) is 16.4 Å². The van der Waals surface area contributed by atoms with E-state index in [-0.39, 0.29) is 22.3 Å². The Balaban J connectivity index is 2.63. The summed E-state index contributed by atoms with van der Waals surface area (Å²) in [4.78, 5) is 4.49. The van der Waals surface area contributed by atoms with E-state index in [2.05, 4.69) is 84.5 Å². The highest BCUT2D eigenvalue weighted by Gasteiger charge is 2.24. The van der Waals surface area contributed by atoms with Gasteiger partial charge in [0.05, 0.1) is 4.47 Å². The zero-order valence-electron chi connectivity index (χ0n) is 16.0. The lowest BCUT2D eigenvalue weighted by molar-refractivity contribution is 0.446. The Morgan fingerprint density at radius 3 is 2.00 bits per heavy atom. The smallest absolute Gasteiger partial charge is 0.144 e. The van der Waals surface area contributed by atoms with Crippen LogP contribution in [0.4, 0.5) is 5.69 Å². The van der Waals surface area contributed by atoms with Gasteiger partial charge < -0.3 is 10.2 Å². The van der Waals surface area contributed by atoms with Crippen LogP contribution in [0.15, 0.2) is 38.2 Å². The van der Waals surface area contributed by atoms with Crippen LogP contribution >= 0.6 is 31.9 Å². The third kappa shape index (κ3) is 4.68. The summed E-state index contributed by atoms with van der Waals surface area (Å²) >= 11 is 6.73. The van der Waals surface area contributed by atoms with Gasteiger partial charge in [0.1, 0.15) is 17.2 Å². The van der Waals surface area contributed by atoms with E-state index in [1.54, 1.807) is 18.3 Å². The summed E-state index contributed by atoms with van der Waals surface area (Å²) < 4.78 is 1.41. The Bertz CT molecular complexity index is 860. The van der Waals surface area contributed by atoms with Crippen molar-refractivity contribution in [3.05, 3.63) is 49.9 Å². The predicted molar refractivity (Wildman–Crippen MR) is 116 cm³/mol. The first-order valence-corrected chi connectivity index (χ1v) is 9.99. The molecule has 0 aliphatic rings. The fourth-order valence-electron chi connectivity index (χ4n) is 2.55. The fraction of sp³-hybridized carbons (Fsp3) is 0.381. The summed E-state index contributed by atoms with van der Waals surface area (Å²) in [6.45, 7) is 12.6. The van der Waals surface area contributed by atoms with Gasteiger partial charge in [-0.1, -0.05) is 63.5 Å². The van der Waals surface area contributed by atoms with Gasteiger partial charge in [-0.2, -0.15) is 0 Å². The minimum atomic E-state index is -0.212. The average molecular weight is 483 g/mol. The maximum absolute atomic E-state index is 10.8. The fourth-order valence-corrected chi connectivity index (χ4v) is 3.80. The van der Waals surface area contributed by atoms with Gasteiger partial charge in [-0.25, -0.2) is 0 Å². The lowest BCUT2D eigenvalue weighted by Gasteiger charge is -2.26. The van der Waals surface area contributed by atoms with Crippen molar-refractivity contribution in [2.75, 3.05) is 0 Å². The van der Waals surface area contributed by atoms with Crippen LogP contribution in [0.1, 0.15) is 58.2 Å². The second kappa shape index (κ2) is 7.35. The van der Waals surface area contributed by atoms with E-state index in [9.17, 15) is 10.2 Å². The summed E-state index contributed by atoms with van der Waals surface area (Å²) in [7, 11) is 0. The Hall–Kier alpha value is -1.33. The molecule has 0 amide bonds. The minimum Gasteiger partial charge on any atom is -0.506 e. The van der Waals surface area contributed by atoms with Crippen molar-refractivity contribution >= 4 is 43.8 Å². The van der Waals surface area contributed by atoms with Gasteiger partial charge in [-0.05, 0) is 50.5 Å². The van der Waals surface area contributed by atoms with E-state index >= 15 is 0 Å². The highest BCUT2D eigenvalue weighted by Crippen LogP contribution is 2.41. The molecule has 0 aliphatic carbocycles. The van der Waals surface area contributed by atoms with Gasteiger partial charge in [0.15, 0.2) is 0 Å². The molecule has 0 saturated carbocycles. The van der Waals surface area contributed by atoms with Crippen LogP contribution in [0.2, 0.25) is 0 Å². The standard InChI is InChI=1S/C21H25Br2NO2/c1-20(2,3)13-8-15(21(4,5)6)19(26)17(9-13)24-11-12-7-14(22)10-16(23)18(12)25/h7-11,25-26H,1-6H3. The molecule has 0 spiro atoms. The Morgan fingerprint density at radius 2 is 1.46 bits per heavy atom. The van der Waals surface area contributed by atoms with Crippen LogP contribution in [0.5, 0.6) is 11.5 Å². The highest BCUT2D eigenvalue weighted by molar-refractivity contribution is 9.11. The van der Waals surface area contributed by atoms with Gasteiger partial charge in [-0.15, -0.1) is 0 Å². The number of aromatic hydroxyl groups is 2. The van der Waals surface area contributed by atoms with E-state index in [0.717, 1.165) is 15.6 Å². The monoisotopic (exact) mass is 481 g/mol. The van der Waals surface area contributed by atoms with Crippen molar-refractivity contribution in [3.63, 3.8) is 0 Å². The predicted octanol–water partition coefficient (Wildman–Crippen LogP) is 6.97. The first-order valence-electron chi connectivity index (χ1n) is 8.41. The summed E-state index contributed by atoms with van der Waals surface area (Å²) in [5.74, 6) is 0.287. The summed E-state index contributed by atoms with van der Waals surface area (Å²) in [5, 5.41) is 21.0. The molecule has 0 bridgehead atoms. The number of benzene rings is 2. The van der Waals surface area contributed by atoms with Crippen molar-refractivity contribution in [2.45, 2.75) is 52.4 Å². The van der Waals surface area contributed by atoms with Crippen molar-refractivity contribution in [2.24, 2.45) is 4.99 Å².